The van der Waals surface area contributed by atoms with Gasteiger partial charge in [-0.05, 0) is 18.6 Å². The molecule has 1 nitrogen and oxygen atoms in total. The zero-order valence-electron chi connectivity index (χ0n) is 11.5. The van der Waals surface area contributed by atoms with Gasteiger partial charge in [-0.15, -0.1) is 11.8 Å². The number of unbranched alkanes of at least 4 members (excludes halogenated alkanes) is 2. The van der Waals surface area contributed by atoms with E-state index in [2.05, 4.69) is 43.8 Å². The molecule has 0 spiro atoms. The first-order valence-corrected chi connectivity index (χ1v) is 9.11. The average Bonchev–Trinajstić information content (AvgIpc) is 2.71. The first-order valence-electron chi connectivity index (χ1n) is 6.83. The fraction of sp³-hybridized carbons (Fsp3) is 0.857. The third kappa shape index (κ3) is 4.78. The standard InChI is InChI=1S/C14H27NS2/c1-5-7-8-9-14-12(6-2)13(10-17-14)15-11(3)16-4/h12-15H,3,5-10H2,1-2,4H3. The molecule has 0 amide bonds. The van der Waals surface area contributed by atoms with Gasteiger partial charge in [-0.25, -0.2) is 0 Å². The van der Waals surface area contributed by atoms with Gasteiger partial charge in [0.1, 0.15) is 0 Å². The summed E-state index contributed by atoms with van der Waals surface area (Å²) in [5.74, 6) is 2.09. The Morgan fingerprint density at radius 1 is 1.41 bits per heavy atom. The van der Waals surface area contributed by atoms with Gasteiger partial charge in [0.05, 0.1) is 5.03 Å². The molecular weight excluding hydrogens is 246 g/mol. The molecule has 100 valence electrons. The topological polar surface area (TPSA) is 12.0 Å². The number of hydrogen-bond donors (Lipinski definition) is 1. The molecule has 0 aromatic carbocycles. The normalized spacial score (nSPS) is 28.3. The Bertz CT molecular complexity index is 230. The smallest absolute Gasteiger partial charge is 0.0607 e. The Morgan fingerprint density at radius 3 is 2.76 bits per heavy atom. The largest absolute Gasteiger partial charge is 0.376 e. The number of rotatable bonds is 8. The predicted octanol–water partition coefficient (Wildman–Crippen LogP) is 4.50. The van der Waals surface area contributed by atoms with E-state index in [4.69, 9.17) is 0 Å². The van der Waals surface area contributed by atoms with Crippen LogP contribution in [0.25, 0.3) is 0 Å². The van der Waals surface area contributed by atoms with Crippen LogP contribution in [0.3, 0.4) is 0 Å². The van der Waals surface area contributed by atoms with Crippen LogP contribution in [0, 0.1) is 5.92 Å². The van der Waals surface area contributed by atoms with Crippen molar-refractivity contribution in [3.05, 3.63) is 11.6 Å². The lowest BCUT2D eigenvalue weighted by atomic mass is 9.92. The van der Waals surface area contributed by atoms with Gasteiger partial charge in [0.2, 0.25) is 0 Å². The summed E-state index contributed by atoms with van der Waals surface area (Å²) in [5.41, 5.74) is 0. The summed E-state index contributed by atoms with van der Waals surface area (Å²) in [6.45, 7) is 8.67. The third-order valence-electron chi connectivity index (χ3n) is 3.64. The molecule has 3 unspecified atom stereocenters. The Kier molecular flexibility index (Phi) is 7.52. The highest BCUT2D eigenvalue weighted by atomic mass is 32.2. The Balaban J connectivity index is 2.40. The minimum Gasteiger partial charge on any atom is -0.376 e. The molecular formula is C14H27NS2. The van der Waals surface area contributed by atoms with Gasteiger partial charge < -0.3 is 5.32 Å². The van der Waals surface area contributed by atoms with E-state index in [9.17, 15) is 0 Å². The van der Waals surface area contributed by atoms with E-state index < -0.39 is 0 Å². The maximum absolute atomic E-state index is 4.05. The lowest BCUT2D eigenvalue weighted by Gasteiger charge is -2.24. The van der Waals surface area contributed by atoms with E-state index in [0.717, 1.165) is 16.2 Å². The summed E-state index contributed by atoms with van der Waals surface area (Å²) in [5, 5.41) is 5.60. The van der Waals surface area contributed by atoms with Crippen LogP contribution >= 0.6 is 23.5 Å². The van der Waals surface area contributed by atoms with Gasteiger partial charge in [-0.3, -0.25) is 0 Å². The zero-order chi connectivity index (χ0) is 12.7. The van der Waals surface area contributed by atoms with Crippen molar-refractivity contribution in [1.82, 2.24) is 5.32 Å². The highest BCUT2D eigenvalue weighted by Crippen LogP contribution is 2.38. The van der Waals surface area contributed by atoms with Crippen LogP contribution in [-0.2, 0) is 0 Å². The van der Waals surface area contributed by atoms with Crippen LogP contribution in [0.4, 0.5) is 0 Å². The van der Waals surface area contributed by atoms with Crippen LogP contribution in [0.5, 0.6) is 0 Å². The fourth-order valence-corrected chi connectivity index (χ4v) is 4.61. The van der Waals surface area contributed by atoms with Gasteiger partial charge in [0.15, 0.2) is 0 Å². The minimum absolute atomic E-state index is 0.650. The number of hydrogen-bond acceptors (Lipinski definition) is 3. The van der Waals surface area contributed by atoms with Crippen LogP contribution in [-0.4, -0.2) is 23.3 Å². The molecule has 0 aromatic rings. The lowest BCUT2D eigenvalue weighted by molar-refractivity contribution is 0.388. The summed E-state index contributed by atoms with van der Waals surface area (Å²) in [7, 11) is 0. The van der Waals surface area contributed by atoms with E-state index in [1.165, 1.54) is 37.9 Å². The first-order chi connectivity index (χ1) is 8.22. The van der Waals surface area contributed by atoms with Crippen molar-refractivity contribution in [1.29, 1.82) is 0 Å². The predicted molar refractivity (Wildman–Crippen MR) is 83.7 cm³/mol. The van der Waals surface area contributed by atoms with E-state index in [1.807, 2.05) is 0 Å². The van der Waals surface area contributed by atoms with Crippen LogP contribution in [0.15, 0.2) is 11.6 Å². The second kappa shape index (κ2) is 8.36. The molecule has 0 aliphatic carbocycles. The molecule has 1 aliphatic rings. The lowest BCUT2D eigenvalue weighted by Crippen LogP contribution is -2.35. The number of nitrogens with one attached hydrogen (secondary N) is 1. The quantitative estimate of drug-likeness (QED) is 0.654. The molecule has 1 fully saturated rings. The maximum Gasteiger partial charge on any atom is 0.0607 e. The van der Waals surface area contributed by atoms with Crippen molar-refractivity contribution in [2.45, 2.75) is 57.2 Å². The third-order valence-corrected chi connectivity index (χ3v) is 5.82. The second-order valence-corrected chi connectivity index (χ2v) is 6.99. The van der Waals surface area contributed by atoms with E-state index in [0.29, 0.717) is 6.04 Å². The highest BCUT2D eigenvalue weighted by molar-refractivity contribution is 8.02. The Morgan fingerprint density at radius 2 is 2.18 bits per heavy atom. The molecule has 0 saturated carbocycles. The summed E-state index contributed by atoms with van der Waals surface area (Å²) in [6.07, 6.45) is 8.92. The van der Waals surface area contributed by atoms with E-state index in [1.54, 1.807) is 11.8 Å². The molecule has 1 heterocycles. The zero-order valence-corrected chi connectivity index (χ0v) is 13.1. The number of thioether (sulfide) groups is 2. The van der Waals surface area contributed by atoms with E-state index in [-0.39, 0.29) is 0 Å². The van der Waals surface area contributed by atoms with Crippen molar-refractivity contribution in [3.8, 4) is 0 Å². The summed E-state index contributed by atoms with van der Waals surface area (Å²) in [4.78, 5) is 0. The summed E-state index contributed by atoms with van der Waals surface area (Å²) in [6, 6.07) is 0.650. The molecule has 3 heteroatoms. The van der Waals surface area contributed by atoms with Crippen molar-refractivity contribution in [3.63, 3.8) is 0 Å². The van der Waals surface area contributed by atoms with E-state index >= 15 is 0 Å². The van der Waals surface area contributed by atoms with Gasteiger partial charge in [0.25, 0.3) is 0 Å². The monoisotopic (exact) mass is 273 g/mol. The Hall–Kier alpha value is 0.240. The molecule has 0 bridgehead atoms. The van der Waals surface area contributed by atoms with Crippen LogP contribution in [0.2, 0.25) is 0 Å². The van der Waals surface area contributed by atoms with Gasteiger partial charge in [0, 0.05) is 17.0 Å². The molecule has 1 N–H and O–H groups in total. The molecule has 0 radical (unpaired) electrons. The molecule has 3 atom stereocenters. The van der Waals surface area contributed by atoms with Crippen LogP contribution in [0.1, 0.15) is 46.0 Å². The molecule has 17 heavy (non-hydrogen) atoms. The highest BCUT2D eigenvalue weighted by Gasteiger charge is 2.34. The van der Waals surface area contributed by atoms with Gasteiger partial charge in [-0.2, -0.15) is 11.8 Å². The summed E-state index contributed by atoms with van der Waals surface area (Å²) >= 11 is 3.91. The van der Waals surface area contributed by atoms with Gasteiger partial charge in [-0.1, -0.05) is 46.1 Å². The van der Waals surface area contributed by atoms with Crippen molar-refractivity contribution < 1.29 is 0 Å². The maximum atomic E-state index is 4.05. The van der Waals surface area contributed by atoms with Crippen molar-refractivity contribution in [2.24, 2.45) is 5.92 Å². The van der Waals surface area contributed by atoms with Crippen LogP contribution < -0.4 is 5.32 Å². The molecule has 1 saturated heterocycles. The molecule has 1 rings (SSSR count). The average molecular weight is 274 g/mol. The Labute approximate surface area is 116 Å². The van der Waals surface area contributed by atoms with Gasteiger partial charge >= 0.3 is 0 Å². The SMILES string of the molecule is C=C(NC1CSC(CCCCC)C1CC)SC. The first kappa shape index (κ1) is 15.3. The molecule has 0 aromatic heterocycles. The van der Waals surface area contributed by atoms with Crippen molar-refractivity contribution in [2.75, 3.05) is 12.0 Å². The minimum atomic E-state index is 0.650. The fourth-order valence-electron chi connectivity index (χ4n) is 2.59. The van der Waals surface area contributed by atoms with Crippen molar-refractivity contribution >= 4 is 23.5 Å². The summed E-state index contributed by atoms with van der Waals surface area (Å²) < 4.78 is 0. The molecule has 1 aliphatic heterocycles. The second-order valence-electron chi connectivity index (χ2n) is 4.82.